The Hall–Kier alpha value is -1.78. The quantitative estimate of drug-likeness (QED) is 0.790. The lowest BCUT2D eigenvalue weighted by molar-refractivity contribution is 0.109. The van der Waals surface area contributed by atoms with Crippen molar-refractivity contribution >= 4 is 5.69 Å². The van der Waals surface area contributed by atoms with Crippen LogP contribution in [0.4, 0.5) is 5.69 Å². The second-order valence-corrected chi connectivity index (χ2v) is 7.96. The Labute approximate surface area is 157 Å². The van der Waals surface area contributed by atoms with Crippen molar-refractivity contribution in [2.75, 3.05) is 44.7 Å². The number of furan rings is 1. The van der Waals surface area contributed by atoms with Gasteiger partial charge in [-0.25, -0.2) is 0 Å². The highest BCUT2D eigenvalue weighted by molar-refractivity contribution is 5.46. The zero-order chi connectivity index (χ0) is 17.8. The molecule has 0 spiro atoms. The molecule has 2 fully saturated rings. The van der Waals surface area contributed by atoms with Crippen molar-refractivity contribution < 1.29 is 4.42 Å². The van der Waals surface area contributed by atoms with Gasteiger partial charge in [-0.1, -0.05) is 18.2 Å². The standard InChI is InChI=1S/C22H31N3O/c1-23(16-19-9-14-25(17-19)21-6-3-2-4-7-21)20-10-12-24(13-11-20)18-22-8-5-15-26-22/h2-8,15,19-20H,9-14,16-18H2,1H3. The zero-order valence-electron chi connectivity index (χ0n) is 15.9. The topological polar surface area (TPSA) is 22.9 Å². The van der Waals surface area contributed by atoms with E-state index in [0.29, 0.717) is 0 Å². The lowest BCUT2D eigenvalue weighted by Crippen LogP contribution is -2.44. The third-order valence-corrected chi connectivity index (χ3v) is 6.09. The fourth-order valence-electron chi connectivity index (χ4n) is 4.55. The summed E-state index contributed by atoms with van der Waals surface area (Å²) in [5.41, 5.74) is 1.38. The summed E-state index contributed by atoms with van der Waals surface area (Å²) in [4.78, 5) is 7.70. The lowest BCUT2D eigenvalue weighted by atomic mass is 10.0. The third-order valence-electron chi connectivity index (χ3n) is 6.09. The number of para-hydroxylation sites is 1. The Kier molecular flexibility index (Phi) is 5.61. The molecule has 140 valence electrons. The number of hydrogen-bond acceptors (Lipinski definition) is 4. The summed E-state index contributed by atoms with van der Waals surface area (Å²) in [5.74, 6) is 1.88. The highest BCUT2D eigenvalue weighted by atomic mass is 16.3. The molecule has 1 aromatic carbocycles. The minimum Gasteiger partial charge on any atom is -0.468 e. The first-order valence-electron chi connectivity index (χ1n) is 10.0. The monoisotopic (exact) mass is 353 g/mol. The minimum absolute atomic E-state index is 0.730. The Morgan fingerprint density at radius 3 is 2.54 bits per heavy atom. The first-order chi connectivity index (χ1) is 12.8. The molecule has 3 heterocycles. The maximum Gasteiger partial charge on any atom is 0.117 e. The molecule has 4 heteroatoms. The normalized spacial score (nSPS) is 22.4. The summed E-state index contributed by atoms with van der Waals surface area (Å²) in [5, 5.41) is 0. The van der Waals surface area contributed by atoms with E-state index in [4.69, 9.17) is 4.42 Å². The van der Waals surface area contributed by atoms with Crippen LogP contribution in [0.15, 0.2) is 53.1 Å². The van der Waals surface area contributed by atoms with Crippen molar-refractivity contribution in [2.45, 2.75) is 31.8 Å². The van der Waals surface area contributed by atoms with Crippen LogP contribution in [0.25, 0.3) is 0 Å². The van der Waals surface area contributed by atoms with Crippen molar-refractivity contribution in [2.24, 2.45) is 5.92 Å². The van der Waals surface area contributed by atoms with Crippen LogP contribution in [0.2, 0.25) is 0 Å². The summed E-state index contributed by atoms with van der Waals surface area (Å²) in [6.45, 7) is 6.94. The molecule has 2 aliphatic rings. The van der Waals surface area contributed by atoms with Crippen LogP contribution < -0.4 is 4.90 Å². The maximum atomic E-state index is 5.49. The number of benzene rings is 1. The average Bonchev–Trinajstić information content (AvgIpc) is 3.35. The predicted octanol–water partition coefficient (Wildman–Crippen LogP) is 3.70. The van der Waals surface area contributed by atoms with Gasteiger partial charge >= 0.3 is 0 Å². The van der Waals surface area contributed by atoms with Crippen LogP contribution >= 0.6 is 0 Å². The van der Waals surface area contributed by atoms with Crippen LogP contribution in [-0.2, 0) is 6.54 Å². The van der Waals surface area contributed by atoms with Crippen LogP contribution in [0.3, 0.4) is 0 Å². The average molecular weight is 354 g/mol. The summed E-state index contributed by atoms with van der Waals surface area (Å²) in [7, 11) is 2.33. The van der Waals surface area contributed by atoms with E-state index in [1.54, 1.807) is 6.26 Å². The molecule has 0 bridgehead atoms. The van der Waals surface area contributed by atoms with E-state index in [1.165, 1.54) is 57.7 Å². The van der Waals surface area contributed by atoms with E-state index in [0.717, 1.165) is 24.3 Å². The van der Waals surface area contributed by atoms with Gasteiger partial charge in [0.05, 0.1) is 12.8 Å². The van der Waals surface area contributed by atoms with Crippen molar-refractivity contribution in [1.29, 1.82) is 0 Å². The van der Waals surface area contributed by atoms with Gasteiger partial charge in [0.1, 0.15) is 5.76 Å². The largest absolute Gasteiger partial charge is 0.468 e. The van der Waals surface area contributed by atoms with Crippen molar-refractivity contribution in [1.82, 2.24) is 9.80 Å². The molecule has 1 aromatic heterocycles. The molecule has 1 unspecified atom stereocenters. The molecule has 2 aromatic rings. The van der Waals surface area contributed by atoms with Crippen molar-refractivity contribution in [3.63, 3.8) is 0 Å². The molecule has 2 aliphatic heterocycles. The van der Waals surface area contributed by atoms with E-state index in [2.05, 4.69) is 58.1 Å². The van der Waals surface area contributed by atoms with E-state index in [9.17, 15) is 0 Å². The minimum atomic E-state index is 0.730. The number of piperidine rings is 1. The van der Waals surface area contributed by atoms with Gasteiger partial charge in [-0.3, -0.25) is 4.90 Å². The number of rotatable bonds is 6. The third kappa shape index (κ3) is 4.30. The van der Waals surface area contributed by atoms with Crippen molar-refractivity contribution in [3.05, 3.63) is 54.5 Å². The van der Waals surface area contributed by atoms with Gasteiger partial charge in [-0.05, 0) is 56.5 Å². The van der Waals surface area contributed by atoms with Crippen LogP contribution in [0, 0.1) is 5.92 Å². The van der Waals surface area contributed by atoms with E-state index in [-0.39, 0.29) is 0 Å². The highest BCUT2D eigenvalue weighted by Gasteiger charge is 2.28. The Morgan fingerprint density at radius 1 is 1.00 bits per heavy atom. The molecule has 26 heavy (non-hydrogen) atoms. The van der Waals surface area contributed by atoms with Crippen LogP contribution in [0.1, 0.15) is 25.0 Å². The fourth-order valence-corrected chi connectivity index (χ4v) is 4.55. The fraction of sp³-hybridized carbons (Fsp3) is 0.545. The second kappa shape index (κ2) is 8.28. The van der Waals surface area contributed by atoms with Gasteiger partial charge in [0.25, 0.3) is 0 Å². The van der Waals surface area contributed by atoms with Gasteiger partial charge in [0.15, 0.2) is 0 Å². The number of likely N-dealkylation sites (tertiary alicyclic amines) is 1. The number of nitrogens with zero attached hydrogens (tertiary/aromatic N) is 3. The Balaban J connectivity index is 1.21. The molecule has 0 aliphatic carbocycles. The summed E-state index contributed by atoms with van der Waals surface area (Å²) >= 11 is 0. The second-order valence-electron chi connectivity index (χ2n) is 7.96. The van der Waals surface area contributed by atoms with Gasteiger partial charge in [0, 0.05) is 44.5 Å². The van der Waals surface area contributed by atoms with Gasteiger partial charge in [0.2, 0.25) is 0 Å². The van der Waals surface area contributed by atoms with Crippen LogP contribution in [-0.4, -0.2) is 55.6 Å². The lowest BCUT2D eigenvalue weighted by Gasteiger charge is -2.37. The SMILES string of the molecule is CN(CC1CCN(c2ccccc2)C1)C1CCN(Cc2ccco2)CC1. The molecule has 0 N–H and O–H groups in total. The number of anilines is 1. The Morgan fingerprint density at radius 2 is 1.81 bits per heavy atom. The smallest absolute Gasteiger partial charge is 0.117 e. The highest BCUT2D eigenvalue weighted by Crippen LogP contribution is 2.25. The molecule has 1 atom stereocenters. The molecular weight excluding hydrogens is 322 g/mol. The molecule has 0 amide bonds. The first-order valence-corrected chi connectivity index (χ1v) is 10.0. The molecule has 2 saturated heterocycles. The molecule has 0 saturated carbocycles. The number of hydrogen-bond donors (Lipinski definition) is 0. The molecule has 0 radical (unpaired) electrons. The predicted molar refractivity (Wildman–Crippen MR) is 106 cm³/mol. The summed E-state index contributed by atoms with van der Waals surface area (Å²) < 4.78 is 5.49. The first kappa shape index (κ1) is 17.6. The maximum absolute atomic E-state index is 5.49. The molecular formula is C22H31N3O. The van der Waals surface area contributed by atoms with Gasteiger partial charge < -0.3 is 14.2 Å². The van der Waals surface area contributed by atoms with E-state index < -0.39 is 0 Å². The van der Waals surface area contributed by atoms with Crippen molar-refractivity contribution in [3.8, 4) is 0 Å². The van der Waals surface area contributed by atoms with Gasteiger partial charge in [-0.2, -0.15) is 0 Å². The van der Waals surface area contributed by atoms with Crippen LogP contribution in [0.5, 0.6) is 0 Å². The molecule has 4 nitrogen and oxygen atoms in total. The van der Waals surface area contributed by atoms with E-state index >= 15 is 0 Å². The van der Waals surface area contributed by atoms with Gasteiger partial charge in [-0.15, -0.1) is 0 Å². The Bertz CT molecular complexity index is 649. The zero-order valence-corrected chi connectivity index (χ0v) is 15.9. The molecule has 4 rings (SSSR count). The summed E-state index contributed by atoms with van der Waals surface area (Å²) in [6.07, 6.45) is 5.63. The summed E-state index contributed by atoms with van der Waals surface area (Å²) in [6, 6.07) is 15.7. The van der Waals surface area contributed by atoms with E-state index in [1.807, 2.05) is 6.07 Å².